The second-order valence-corrected chi connectivity index (χ2v) is 10.5. The molecule has 0 spiro atoms. The molecule has 4 unspecified atom stereocenters. The monoisotopic (exact) mass is 610 g/mol. The minimum Gasteiger partial charge on any atom is -0.459 e. The second kappa shape index (κ2) is 12.6. The first-order valence-electron chi connectivity index (χ1n) is 13.8. The van der Waals surface area contributed by atoms with E-state index in [4.69, 9.17) is 31.2 Å². The van der Waals surface area contributed by atoms with E-state index < -0.39 is 48.1 Å². The zero-order chi connectivity index (χ0) is 30.6. The number of aromatic nitrogens is 2. The maximum absolute atomic E-state index is 13.4. The van der Waals surface area contributed by atoms with Crippen LogP contribution < -0.4 is 5.69 Å². The Morgan fingerprint density at radius 3 is 1.89 bits per heavy atom. The molecule has 10 nitrogen and oxygen atoms in total. The molecule has 2 aliphatic rings. The Kier molecular flexibility index (Phi) is 8.31. The van der Waals surface area contributed by atoms with E-state index in [1.165, 1.54) is 4.57 Å². The largest absolute Gasteiger partial charge is 0.459 e. The van der Waals surface area contributed by atoms with Crippen molar-refractivity contribution in [3.8, 4) is 0 Å². The molecule has 1 N–H and O–H groups in total. The summed E-state index contributed by atoms with van der Waals surface area (Å²) in [4.78, 5) is 55.6. The van der Waals surface area contributed by atoms with Crippen LogP contribution in [-0.4, -0.2) is 52.4 Å². The van der Waals surface area contributed by atoms with Crippen LogP contribution in [0.4, 0.5) is 0 Å². The van der Waals surface area contributed by atoms with Crippen LogP contribution in [0.1, 0.15) is 48.6 Å². The second-order valence-electron chi connectivity index (χ2n) is 10.1. The fraction of sp³-hybridized carbons (Fsp3) is 0.182. The van der Waals surface area contributed by atoms with Crippen LogP contribution in [0.2, 0.25) is 0 Å². The van der Waals surface area contributed by atoms with E-state index in [9.17, 15) is 19.2 Å². The molecule has 1 aliphatic carbocycles. The molecule has 0 saturated carbocycles. The lowest BCUT2D eigenvalue weighted by Crippen LogP contribution is -2.43. The van der Waals surface area contributed by atoms with Gasteiger partial charge in [0.2, 0.25) is 0 Å². The molecular formula is C33H26N2O8S. The maximum atomic E-state index is 13.4. The number of fused-ring (bicyclic) bond motifs is 1. The molecule has 4 atom stereocenters. The fourth-order valence-corrected chi connectivity index (χ4v) is 5.46. The molecule has 0 bridgehead atoms. The van der Waals surface area contributed by atoms with E-state index in [0.29, 0.717) is 23.2 Å². The molecule has 222 valence electrons. The van der Waals surface area contributed by atoms with Crippen molar-refractivity contribution in [1.29, 1.82) is 0 Å². The first-order chi connectivity index (χ1) is 21.4. The number of rotatable bonds is 8. The molecule has 1 aromatic heterocycles. The van der Waals surface area contributed by atoms with Crippen LogP contribution in [0.3, 0.4) is 0 Å². The Morgan fingerprint density at radius 2 is 1.32 bits per heavy atom. The third kappa shape index (κ3) is 5.87. The van der Waals surface area contributed by atoms with E-state index in [1.807, 2.05) is 6.08 Å². The van der Waals surface area contributed by atoms with E-state index in [-0.39, 0.29) is 22.4 Å². The van der Waals surface area contributed by atoms with Crippen LogP contribution in [0.25, 0.3) is 6.08 Å². The molecule has 1 saturated heterocycles. The van der Waals surface area contributed by atoms with Gasteiger partial charge in [0.1, 0.15) is 17.4 Å². The number of hydrogen-bond donors (Lipinski definition) is 1. The molecule has 0 radical (unpaired) electrons. The number of aromatic amines is 1. The van der Waals surface area contributed by atoms with Crippen molar-refractivity contribution in [3.05, 3.63) is 140 Å². The summed E-state index contributed by atoms with van der Waals surface area (Å²) in [5, 5.41) is 0. The predicted octanol–water partition coefficient (Wildman–Crippen LogP) is 4.68. The van der Waals surface area contributed by atoms with Gasteiger partial charge in [-0.2, -0.15) is 0 Å². The van der Waals surface area contributed by atoms with Gasteiger partial charge in [-0.05, 0) is 48.9 Å². The highest BCUT2D eigenvalue weighted by Gasteiger charge is 2.52. The molecule has 1 fully saturated rings. The van der Waals surface area contributed by atoms with Crippen LogP contribution in [0.5, 0.6) is 0 Å². The summed E-state index contributed by atoms with van der Waals surface area (Å²) in [6, 6.07) is 24.9. The van der Waals surface area contributed by atoms with Gasteiger partial charge in [-0.25, -0.2) is 19.2 Å². The van der Waals surface area contributed by atoms with Crippen molar-refractivity contribution in [1.82, 2.24) is 9.55 Å². The van der Waals surface area contributed by atoms with Gasteiger partial charge in [0.15, 0.2) is 18.4 Å². The maximum Gasteiger partial charge on any atom is 0.338 e. The van der Waals surface area contributed by atoms with Crippen LogP contribution in [0.15, 0.2) is 102 Å². The van der Waals surface area contributed by atoms with Crippen LogP contribution in [0, 0.1) is 4.64 Å². The summed E-state index contributed by atoms with van der Waals surface area (Å²) >= 11 is 5.38. The van der Waals surface area contributed by atoms with Crippen molar-refractivity contribution in [2.45, 2.75) is 31.0 Å². The molecule has 0 amide bonds. The highest BCUT2D eigenvalue weighted by atomic mass is 32.1. The number of carbonyl (C=O) groups excluding carboxylic acids is 3. The summed E-state index contributed by atoms with van der Waals surface area (Å²) in [7, 11) is 0. The quantitative estimate of drug-likeness (QED) is 0.172. The predicted molar refractivity (Wildman–Crippen MR) is 161 cm³/mol. The minimum atomic E-state index is -1.32. The number of nitrogens with one attached hydrogen (secondary N) is 1. The number of H-pyrrole nitrogens is 1. The SMILES string of the molecule is O=C(OCC1OC(n2c3c(c(=S)[nH]c2=O)CC=C3)C(OC(=O)c2ccccc2)C1OC(=O)c1ccccc1)c1ccccc1. The van der Waals surface area contributed by atoms with Crippen molar-refractivity contribution < 1.29 is 33.3 Å². The molecule has 11 heteroatoms. The summed E-state index contributed by atoms with van der Waals surface area (Å²) in [5.41, 5.74) is 1.34. The summed E-state index contributed by atoms with van der Waals surface area (Å²) < 4.78 is 25.4. The Labute approximate surface area is 256 Å². The highest BCUT2D eigenvalue weighted by Crippen LogP contribution is 2.36. The third-order valence-corrected chi connectivity index (χ3v) is 7.66. The zero-order valence-corrected chi connectivity index (χ0v) is 24.0. The van der Waals surface area contributed by atoms with Gasteiger partial charge >= 0.3 is 23.6 Å². The molecule has 1 aliphatic heterocycles. The molecule has 6 rings (SSSR count). The number of benzene rings is 3. The van der Waals surface area contributed by atoms with Crippen LogP contribution >= 0.6 is 12.2 Å². The Bertz CT molecular complexity index is 1840. The lowest BCUT2D eigenvalue weighted by molar-refractivity contribution is -0.0642. The van der Waals surface area contributed by atoms with E-state index in [0.717, 1.165) is 0 Å². The molecule has 3 aromatic carbocycles. The average Bonchev–Trinajstić information content (AvgIpc) is 3.67. The van der Waals surface area contributed by atoms with Gasteiger partial charge in [-0.1, -0.05) is 72.9 Å². The highest BCUT2D eigenvalue weighted by molar-refractivity contribution is 7.71. The topological polar surface area (TPSA) is 126 Å². The van der Waals surface area contributed by atoms with Crippen molar-refractivity contribution in [2.75, 3.05) is 6.61 Å². The lowest BCUT2D eigenvalue weighted by Gasteiger charge is -2.26. The number of allylic oxidation sites excluding steroid dienone is 1. The lowest BCUT2D eigenvalue weighted by atomic mass is 10.1. The van der Waals surface area contributed by atoms with Crippen molar-refractivity contribution in [3.63, 3.8) is 0 Å². The van der Waals surface area contributed by atoms with Crippen molar-refractivity contribution in [2.24, 2.45) is 0 Å². The summed E-state index contributed by atoms with van der Waals surface area (Å²) in [6.07, 6.45) is -0.936. The Balaban J connectivity index is 1.40. The zero-order valence-electron chi connectivity index (χ0n) is 23.2. The normalized spacial score (nSPS) is 20.1. The van der Waals surface area contributed by atoms with Gasteiger partial charge in [-0.15, -0.1) is 0 Å². The minimum absolute atomic E-state index is 0.239. The summed E-state index contributed by atoms with van der Waals surface area (Å²) in [5.74, 6) is -2.07. The van der Waals surface area contributed by atoms with Gasteiger partial charge < -0.3 is 18.9 Å². The van der Waals surface area contributed by atoms with E-state index in [2.05, 4.69) is 4.98 Å². The first-order valence-corrected chi connectivity index (χ1v) is 14.3. The summed E-state index contributed by atoms with van der Waals surface area (Å²) in [6.45, 7) is -0.369. The molecular weight excluding hydrogens is 584 g/mol. The molecule has 2 heterocycles. The molecule has 4 aromatic rings. The standard InChI is InChI=1S/C33H26N2O8S/c36-30(20-11-4-1-5-12-20)40-19-25-26(42-31(37)21-13-6-2-7-14-21)27(43-32(38)22-15-8-3-9-16-22)29(41-25)35-24-18-10-17-23(24)28(44)34-33(35)39/h1-16,18,25-27,29H,17,19H2,(H,34,39,44). The van der Waals surface area contributed by atoms with E-state index in [1.54, 1.807) is 97.1 Å². The van der Waals surface area contributed by atoms with Gasteiger partial charge in [0.25, 0.3) is 0 Å². The third-order valence-electron chi connectivity index (χ3n) is 7.31. The fourth-order valence-electron chi connectivity index (χ4n) is 5.19. The first kappa shape index (κ1) is 29.0. The smallest absolute Gasteiger partial charge is 0.338 e. The number of esters is 3. The van der Waals surface area contributed by atoms with Gasteiger partial charge in [0.05, 0.1) is 22.4 Å². The van der Waals surface area contributed by atoms with E-state index >= 15 is 0 Å². The molecule has 44 heavy (non-hydrogen) atoms. The average molecular weight is 611 g/mol. The number of ether oxygens (including phenoxy) is 4. The Hall–Kier alpha value is -5.13. The van der Waals surface area contributed by atoms with Crippen LogP contribution in [-0.2, 0) is 25.4 Å². The number of nitrogens with zero attached hydrogens (tertiary/aromatic N) is 1. The van der Waals surface area contributed by atoms with Gasteiger partial charge in [0, 0.05) is 5.56 Å². The van der Waals surface area contributed by atoms with Crippen molar-refractivity contribution >= 4 is 36.2 Å². The number of carbonyl (C=O) groups is 3. The number of hydrogen-bond acceptors (Lipinski definition) is 9. The Morgan fingerprint density at radius 1 is 0.795 bits per heavy atom. The van der Waals surface area contributed by atoms with Gasteiger partial charge in [-0.3, -0.25) is 9.55 Å².